The van der Waals surface area contributed by atoms with Gasteiger partial charge in [-0.1, -0.05) is 32.5 Å². The van der Waals surface area contributed by atoms with E-state index in [1.54, 1.807) is 6.08 Å². The summed E-state index contributed by atoms with van der Waals surface area (Å²) in [7, 11) is 0. The highest BCUT2D eigenvalue weighted by atomic mass is 32.2. The van der Waals surface area contributed by atoms with Crippen LogP contribution >= 0.6 is 11.8 Å². The Kier molecular flexibility index (Phi) is 3.42. The van der Waals surface area contributed by atoms with Crippen molar-refractivity contribution in [2.45, 2.75) is 38.4 Å². The zero-order valence-electron chi connectivity index (χ0n) is 8.42. The molecule has 0 aliphatic carbocycles. The summed E-state index contributed by atoms with van der Waals surface area (Å²) in [6, 6.07) is 0. The van der Waals surface area contributed by atoms with Crippen molar-refractivity contribution < 1.29 is 9.53 Å². The van der Waals surface area contributed by atoms with Crippen molar-refractivity contribution in [3.05, 3.63) is 11.8 Å². The first-order chi connectivity index (χ1) is 5.97. The highest BCUT2D eigenvalue weighted by molar-refractivity contribution is 8.15. The van der Waals surface area contributed by atoms with Crippen molar-refractivity contribution in [1.29, 1.82) is 0 Å². The lowest BCUT2D eigenvalue weighted by molar-refractivity contribution is -0.107. The molecule has 0 aromatic heterocycles. The highest BCUT2D eigenvalue weighted by Gasteiger charge is 2.17. The fourth-order valence-corrected chi connectivity index (χ4v) is 1.89. The van der Waals surface area contributed by atoms with Crippen LogP contribution < -0.4 is 0 Å². The largest absolute Gasteiger partial charge is 0.498 e. The summed E-state index contributed by atoms with van der Waals surface area (Å²) >= 11 is 1.35. The van der Waals surface area contributed by atoms with Gasteiger partial charge < -0.3 is 4.74 Å². The molecule has 0 saturated carbocycles. The Morgan fingerprint density at radius 3 is 2.69 bits per heavy atom. The molecule has 1 rings (SSSR count). The molecule has 1 aliphatic rings. The molecule has 0 N–H and O–H groups in total. The molecule has 0 unspecified atom stereocenters. The smallest absolute Gasteiger partial charge is 0.216 e. The molecular weight excluding hydrogens is 184 g/mol. The van der Waals surface area contributed by atoms with E-state index in [0.717, 1.165) is 25.2 Å². The summed E-state index contributed by atoms with van der Waals surface area (Å²) in [4.78, 5) is 11.4. The summed E-state index contributed by atoms with van der Waals surface area (Å²) < 4.78 is 5.26. The predicted molar refractivity (Wildman–Crippen MR) is 55.6 cm³/mol. The third-order valence-corrected chi connectivity index (χ3v) is 2.47. The monoisotopic (exact) mass is 200 g/mol. The fraction of sp³-hybridized carbons (Fsp3) is 0.700. The molecule has 74 valence electrons. The van der Waals surface area contributed by atoms with E-state index in [9.17, 15) is 4.79 Å². The zero-order chi connectivity index (χ0) is 9.90. The Hall–Kier alpha value is -0.440. The lowest BCUT2D eigenvalue weighted by Crippen LogP contribution is -2.10. The van der Waals surface area contributed by atoms with Crippen molar-refractivity contribution >= 4 is 16.9 Å². The van der Waals surface area contributed by atoms with Crippen LogP contribution in [0.25, 0.3) is 0 Å². The average Bonchev–Trinajstić information content (AvgIpc) is 2.34. The molecule has 0 spiro atoms. The molecule has 1 saturated heterocycles. The molecule has 1 aliphatic heterocycles. The maximum atomic E-state index is 11.4. The van der Waals surface area contributed by atoms with Crippen molar-refractivity contribution in [2.24, 2.45) is 0 Å². The van der Waals surface area contributed by atoms with Crippen LogP contribution in [0.2, 0.25) is 0 Å². The van der Waals surface area contributed by atoms with E-state index in [1.165, 1.54) is 11.8 Å². The van der Waals surface area contributed by atoms with Gasteiger partial charge in [0.25, 0.3) is 0 Å². The van der Waals surface area contributed by atoms with Crippen LogP contribution in [0.15, 0.2) is 11.8 Å². The maximum absolute atomic E-state index is 11.4. The summed E-state index contributed by atoms with van der Waals surface area (Å²) in [5.74, 6) is 0.849. The Morgan fingerprint density at radius 1 is 1.54 bits per heavy atom. The third kappa shape index (κ3) is 4.36. The molecule has 3 heteroatoms. The molecule has 2 nitrogen and oxygen atoms in total. The van der Waals surface area contributed by atoms with Gasteiger partial charge in [0.2, 0.25) is 5.12 Å². The van der Waals surface area contributed by atoms with Crippen LogP contribution in [0.5, 0.6) is 0 Å². The molecule has 0 radical (unpaired) electrons. The second kappa shape index (κ2) is 4.18. The molecule has 0 amide bonds. The van der Waals surface area contributed by atoms with Gasteiger partial charge in [0, 0.05) is 17.2 Å². The fourth-order valence-electron chi connectivity index (χ4n) is 1.10. The van der Waals surface area contributed by atoms with Crippen LogP contribution in [0, 0.1) is 0 Å². The van der Waals surface area contributed by atoms with E-state index in [1.807, 2.05) is 20.8 Å². The molecule has 1 heterocycles. The van der Waals surface area contributed by atoms with E-state index in [-0.39, 0.29) is 9.86 Å². The second-order valence-corrected chi connectivity index (χ2v) is 5.93. The van der Waals surface area contributed by atoms with Crippen LogP contribution in [0.1, 0.15) is 33.6 Å². The lowest BCUT2D eigenvalue weighted by Gasteiger charge is -2.14. The highest BCUT2D eigenvalue weighted by Crippen LogP contribution is 2.26. The van der Waals surface area contributed by atoms with E-state index >= 15 is 0 Å². The quantitative estimate of drug-likeness (QED) is 0.609. The van der Waals surface area contributed by atoms with E-state index in [4.69, 9.17) is 4.74 Å². The maximum Gasteiger partial charge on any atom is 0.216 e. The number of hydrogen-bond donors (Lipinski definition) is 0. The Balaban J connectivity index is 2.45. The first kappa shape index (κ1) is 10.6. The van der Waals surface area contributed by atoms with Crippen molar-refractivity contribution in [2.75, 3.05) is 6.61 Å². The van der Waals surface area contributed by atoms with Gasteiger partial charge >= 0.3 is 0 Å². The number of thioether (sulfide) groups is 1. The first-order valence-electron chi connectivity index (χ1n) is 4.54. The van der Waals surface area contributed by atoms with Crippen LogP contribution in [0.4, 0.5) is 0 Å². The number of rotatable bonds is 1. The number of carbonyl (C=O) groups excluding carboxylic acids is 1. The van der Waals surface area contributed by atoms with Gasteiger partial charge in [0.15, 0.2) is 0 Å². The number of hydrogen-bond acceptors (Lipinski definition) is 3. The van der Waals surface area contributed by atoms with Crippen LogP contribution in [-0.4, -0.2) is 16.5 Å². The normalized spacial score (nSPS) is 20.4. The minimum atomic E-state index is -0.00719. The molecule has 0 atom stereocenters. The minimum Gasteiger partial charge on any atom is -0.498 e. The van der Waals surface area contributed by atoms with Gasteiger partial charge in [-0.15, -0.1) is 0 Å². The second-order valence-electron chi connectivity index (χ2n) is 4.10. The number of ether oxygens (including phenoxy) is 1. The molecular formula is C10H16O2S. The van der Waals surface area contributed by atoms with Crippen molar-refractivity contribution in [1.82, 2.24) is 0 Å². The van der Waals surface area contributed by atoms with Gasteiger partial charge in [-0.25, -0.2) is 0 Å². The van der Waals surface area contributed by atoms with Crippen molar-refractivity contribution in [3.8, 4) is 0 Å². The Bertz CT molecular complexity index is 218. The third-order valence-electron chi connectivity index (χ3n) is 1.54. The number of carbonyl (C=O) groups is 1. The molecule has 13 heavy (non-hydrogen) atoms. The van der Waals surface area contributed by atoms with Gasteiger partial charge in [-0.3, -0.25) is 4.79 Å². The van der Waals surface area contributed by atoms with Crippen molar-refractivity contribution in [3.63, 3.8) is 0 Å². The topological polar surface area (TPSA) is 26.3 Å². The van der Waals surface area contributed by atoms with Crippen LogP contribution in [0.3, 0.4) is 0 Å². The van der Waals surface area contributed by atoms with Gasteiger partial charge in [-0.2, -0.15) is 0 Å². The molecule has 0 aromatic carbocycles. The van der Waals surface area contributed by atoms with E-state index in [0.29, 0.717) is 0 Å². The standard InChI is InChI=1S/C10H16O2S/c1-10(2,3)13-9(11)7-8-5-4-6-12-8/h7H,4-6H2,1-3H3/b8-7-. The molecule has 1 fully saturated rings. The van der Waals surface area contributed by atoms with E-state index in [2.05, 4.69) is 0 Å². The zero-order valence-corrected chi connectivity index (χ0v) is 9.24. The summed E-state index contributed by atoms with van der Waals surface area (Å²) in [6.07, 6.45) is 3.58. The first-order valence-corrected chi connectivity index (χ1v) is 5.35. The van der Waals surface area contributed by atoms with Gasteiger partial charge in [0.1, 0.15) is 5.76 Å². The van der Waals surface area contributed by atoms with E-state index < -0.39 is 0 Å². The summed E-state index contributed by atoms with van der Waals surface area (Å²) in [5.41, 5.74) is 0. The molecule has 0 aromatic rings. The number of allylic oxidation sites excluding steroid dienone is 1. The lowest BCUT2D eigenvalue weighted by atomic mass is 10.3. The minimum absolute atomic E-state index is 0.00719. The van der Waals surface area contributed by atoms with Gasteiger partial charge in [-0.05, 0) is 6.42 Å². The SMILES string of the molecule is CC(C)(C)SC(=O)/C=C1/CCCO1. The van der Waals surface area contributed by atoms with Gasteiger partial charge in [0.05, 0.1) is 6.61 Å². The Labute approximate surface area is 83.7 Å². The summed E-state index contributed by atoms with van der Waals surface area (Å²) in [5, 5.41) is 0.101. The Morgan fingerprint density at radius 2 is 2.23 bits per heavy atom. The van der Waals surface area contributed by atoms with Crippen LogP contribution in [-0.2, 0) is 9.53 Å². The predicted octanol–water partition coefficient (Wildman–Crippen LogP) is 2.74. The summed E-state index contributed by atoms with van der Waals surface area (Å²) in [6.45, 7) is 6.86. The average molecular weight is 200 g/mol. The molecule has 0 bridgehead atoms.